The molecule has 0 aliphatic carbocycles. The monoisotopic (exact) mass is 303 g/mol. The summed E-state index contributed by atoms with van der Waals surface area (Å²) < 4.78 is 2.81. The number of hydrogen-bond acceptors (Lipinski definition) is 4. The molecular formula is C12H10BrN5. The SMILES string of the molecule is CNc1nccc(-n2ccc3cnc(Br)cc32)n1. The average molecular weight is 304 g/mol. The van der Waals surface area contributed by atoms with Gasteiger partial charge in [-0.2, -0.15) is 4.98 Å². The molecule has 0 bridgehead atoms. The van der Waals surface area contributed by atoms with E-state index in [1.54, 1.807) is 13.2 Å². The predicted octanol–water partition coefficient (Wildman–Crippen LogP) is 2.62. The normalized spacial score (nSPS) is 10.8. The Kier molecular flexibility index (Phi) is 2.71. The van der Waals surface area contributed by atoms with Crippen molar-refractivity contribution in [2.45, 2.75) is 0 Å². The maximum absolute atomic E-state index is 4.42. The lowest BCUT2D eigenvalue weighted by molar-refractivity contribution is 1.01. The van der Waals surface area contributed by atoms with Crippen LogP contribution in [0.3, 0.4) is 0 Å². The summed E-state index contributed by atoms with van der Waals surface area (Å²) in [6, 6.07) is 5.85. The highest BCUT2D eigenvalue weighted by Crippen LogP contribution is 2.21. The molecule has 3 rings (SSSR count). The summed E-state index contributed by atoms with van der Waals surface area (Å²) in [5.74, 6) is 1.42. The molecule has 5 nitrogen and oxygen atoms in total. The van der Waals surface area contributed by atoms with Crippen molar-refractivity contribution in [1.82, 2.24) is 19.5 Å². The Bertz CT molecular complexity index is 707. The van der Waals surface area contributed by atoms with Crippen LogP contribution in [-0.4, -0.2) is 26.6 Å². The number of aromatic nitrogens is 4. The Hall–Kier alpha value is -1.95. The predicted molar refractivity (Wildman–Crippen MR) is 73.9 cm³/mol. The van der Waals surface area contributed by atoms with E-state index < -0.39 is 0 Å². The Labute approximate surface area is 112 Å². The zero-order chi connectivity index (χ0) is 12.5. The molecule has 3 aromatic rings. The minimum atomic E-state index is 0.600. The summed E-state index contributed by atoms with van der Waals surface area (Å²) in [5.41, 5.74) is 1.05. The molecule has 18 heavy (non-hydrogen) atoms. The number of rotatable bonds is 2. The van der Waals surface area contributed by atoms with E-state index in [0.717, 1.165) is 21.3 Å². The van der Waals surface area contributed by atoms with Crippen LogP contribution in [0.1, 0.15) is 0 Å². The molecule has 0 fully saturated rings. The van der Waals surface area contributed by atoms with Gasteiger partial charge < -0.3 is 9.88 Å². The zero-order valence-corrected chi connectivity index (χ0v) is 11.2. The Morgan fingerprint density at radius 3 is 3.00 bits per heavy atom. The van der Waals surface area contributed by atoms with Crippen molar-refractivity contribution >= 4 is 32.8 Å². The van der Waals surface area contributed by atoms with Crippen molar-refractivity contribution < 1.29 is 0 Å². The Morgan fingerprint density at radius 1 is 1.28 bits per heavy atom. The highest BCUT2D eigenvalue weighted by atomic mass is 79.9. The molecule has 0 aromatic carbocycles. The van der Waals surface area contributed by atoms with Gasteiger partial charge in [-0.25, -0.2) is 9.97 Å². The van der Waals surface area contributed by atoms with Gasteiger partial charge >= 0.3 is 0 Å². The van der Waals surface area contributed by atoms with Crippen LogP contribution in [0.2, 0.25) is 0 Å². The lowest BCUT2D eigenvalue weighted by Gasteiger charge is -2.06. The van der Waals surface area contributed by atoms with Crippen molar-refractivity contribution in [2.24, 2.45) is 0 Å². The van der Waals surface area contributed by atoms with Crippen LogP contribution in [0.4, 0.5) is 5.95 Å². The van der Waals surface area contributed by atoms with Crippen LogP contribution in [0, 0.1) is 0 Å². The number of hydrogen-bond donors (Lipinski definition) is 1. The van der Waals surface area contributed by atoms with Gasteiger partial charge in [-0.15, -0.1) is 0 Å². The fourth-order valence-corrected chi connectivity index (χ4v) is 2.13. The molecule has 6 heteroatoms. The molecule has 0 saturated carbocycles. The van der Waals surface area contributed by atoms with Gasteiger partial charge in [-0.1, -0.05) is 0 Å². The van der Waals surface area contributed by atoms with Crippen molar-refractivity contribution in [1.29, 1.82) is 0 Å². The highest BCUT2D eigenvalue weighted by molar-refractivity contribution is 9.10. The second-order valence-electron chi connectivity index (χ2n) is 3.74. The maximum Gasteiger partial charge on any atom is 0.224 e. The molecule has 0 aliphatic heterocycles. The fraction of sp³-hybridized carbons (Fsp3) is 0.0833. The van der Waals surface area contributed by atoms with Gasteiger partial charge in [0.05, 0.1) is 5.52 Å². The third-order valence-electron chi connectivity index (χ3n) is 2.65. The molecule has 3 heterocycles. The molecule has 0 amide bonds. The first-order valence-electron chi connectivity index (χ1n) is 5.42. The lowest BCUT2D eigenvalue weighted by atomic mass is 10.3. The second-order valence-corrected chi connectivity index (χ2v) is 4.55. The van der Waals surface area contributed by atoms with E-state index in [1.165, 1.54) is 0 Å². The molecule has 0 atom stereocenters. The van der Waals surface area contributed by atoms with Crippen LogP contribution < -0.4 is 5.32 Å². The van der Waals surface area contributed by atoms with Crippen LogP contribution in [0.15, 0.2) is 41.4 Å². The van der Waals surface area contributed by atoms with E-state index >= 15 is 0 Å². The lowest BCUT2D eigenvalue weighted by Crippen LogP contribution is -2.01. The van der Waals surface area contributed by atoms with Crippen LogP contribution >= 0.6 is 15.9 Å². The van der Waals surface area contributed by atoms with Gasteiger partial charge in [0.1, 0.15) is 10.4 Å². The Morgan fingerprint density at radius 2 is 2.17 bits per heavy atom. The minimum Gasteiger partial charge on any atom is -0.357 e. The van der Waals surface area contributed by atoms with Crippen molar-refractivity contribution in [3.8, 4) is 5.82 Å². The summed E-state index contributed by atoms with van der Waals surface area (Å²) in [6.45, 7) is 0. The summed E-state index contributed by atoms with van der Waals surface area (Å²) in [6.07, 6.45) is 5.53. The standard InChI is InChI=1S/C12H10BrN5/c1-14-12-15-4-2-11(17-12)18-5-3-8-7-16-10(13)6-9(8)18/h2-7H,1H3,(H,14,15,17). The quantitative estimate of drug-likeness (QED) is 0.739. The van der Waals surface area contributed by atoms with Crippen molar-refractivity contribution in [3.63, 3.8) is 0 Å². The van der Waals surface area contributed by atoms with Gasteiger partial charge in [0.15, 0.2) is 0 Å². The summed E-state index contributed by atoms with van der Waals surface area (Å²) in [4.78, 5) is 12.7. The van der Waals surface area contributed by atoms with E-state index in [4.69, 9.17) is 0 Å². The first kappa shape index (κ1) is 11.2. The molecule has 0 spiro atoms. The number of halogens is 1. The molecule has 0 unspecified atom stereocenters. The van der Waals surface area contributed by atoms with E-state index in [9.17, 15) is 0 Å². The topological polar surface area (TPSA) is 55.6 Å². The smallest absolute Gasteiger partial charge is 0.224 e. The van der Waals surface area contributed by atoms with Gasteiger partial charge in [-0.05, 0) is 34.1 Å². The van der Waals surface area contributed by atoms with E-state index in [1.807, 2.05) is 35.2 Å². The third kappa shape index (κ3) is 1.84. The van der Waals surface area contributed by atoms with Crippen LogP contribution in [0.5, 0.6) is 0 Å². The van der Waals surface area contributed by atoms with Gasteiger partial charge in [-0.3, -0.25) is 0 Å². The maximum atomic E-state index is 4.42. The fourth-order valence-electron chi connectivity index (χ4n) is 1.81. The van der Waals surface area contributed by atoms with Gasteiger partial charge in [0.2, 0.25) is 5.95 Å². The van der Waals surface area contributed by atoms with Gasteiger partial charge in [0, 0.05) is 31.0 Å². The second kappa shape index (κ2) is 4.38. The summed E-state index contributed by atoms with van der Waals surface area (Å²) in [7, 11) is 1.80. The summed E-state index contributed by atoms with van der Waals surface area (Å²) >= 11 is 3.38. The van der Waals surface area contributed by atoms with Crippen LogP contribution in [0.25, 0.3) is 16.7 Å². The molecule has 0 radical (unpaired) electrons. The Balaban J connectivity index is 2.21. The number of nitrogens with one attached hydrogen (secondary N) is 1. The number of pyridine rings is 1. The third-order valence-corrected chi connectivity index (χ3v) is 3.09. The van der Waals surface area contributed by atoms with Crippen molar-refractivity contribution in [2.75, 3.05) is 12.4 Å². The first-order valence-corrected chi connectivity index (χ1v) is 6.21. The number of nitrogens with zero attached hydrogens (tertiary/aromatic N) is 4. The molecule has 1 N–H and O–H groups in total. The van der Waals surface area contributed by atoms with Crippen molar-refractivity contribution in [3.05, 3.63) is 41.4 Å². The number of fused-ring (bicyclic) bond motifs is 1. The minimum absolute atomic E-state index is 0.600. The molecule has 0 aliphatic rings. The largest absolute Gasteiger partial charge is 0.357 e. The molecule has 0 saturated heterocycles. The van der Waals surface area contributed by atoms with Gasteiger partial charge in [0.25, 0.3) is 0 Å². The first-order chi connectivity index (χ1) is 8.78. The van der Waals surface area contributed by atoms with Crippen LogP contribution in [-0.2, 0) is 0 Å². The van der Waals surface area contributed by atoms with E-state index in [0.29, 0.717) is 5.95 Å². The molecular weight excluding hydrogens is 294 g/mol. The zero-order valence-electron chi connectivity index (χ0n) is 9.63. The molecule has 3 aromatic heterocycles. The highest BCUT2D eigenvalue weighted by Gasteiger charge is 2.06. The van der Waals surface area contributed by atoms with E-state index in [-0.39, 0.29) is 0 Å². The van der Waals surface area contributed by atoms with E-state index in [2.05, 4.69) is 36.2 Å². The summed E-state index contributed by atoms with van der Waals surface area (Å²) in [5, 5.41) is 4.00. The molecule has 90 valence electrons. The number of anilines is 1. The average Bonchev–Trinajstić information content (AvgIpc) is 2.81.